The van der Waals surface area contributed by atoms with Crippen LogP contribution < -0.4 is 0 Å². The lowest BCUT2D eigenvalue weighted by Crippen LogP contribution is -2.53. The Morgan fingerprint density at radius 3 is 2.74 bits per heavy atom. The van der Waals surface area contributed by atoms with Crippen LogP contribution in [0.4, 0.5) is 0 Å². The van der Waals surface area contributed by atoms with E-state index in [0.29, 0.717) is 12.0 Å². The molecule has 3 fully saturated rings. The number of halogens is 1. The predicted molar refractivity (Wildman–Crippen MR) is 161 cm³/mol. The van der Waals surface area contributed by atoms with E-state index in [2.05, 4.69) is 81.3 Å². The highest BCUT2D eigenvalue weighted by molar-refractivity contribution is 7.10. The minimum absolute atomic E-state index is 0.700. The number of piperidine rings is 3. The molecule has 3 nitrogen and oxygen atoms in total. The Bertz CT molecular complexity index is 1390. The number of aromatic nitrogens is 1. The largest absolute Gasteiger partial charge is 0.299 e. The maximum absolute atomic E-state index is 6.20. The number of nitrogens with zero attached hydrogens (tertiary/aromatic N) is 3. The summed E-state index contributed by atoms with van der Waals surface area (Å²) in [6.07, 6.45) is 9.15. The van der Waals surface area contributed by atoms with Crippen LogP contribution in [-0.4, -0.2) is 40.5 Å². The van der Waals surface area contributed by atoms with E-state index in [0.717, 1.165) is 42.5 Å². The van der Waals surface area contributed by atoms with Crippen molar-refractivity contribution < 1.29 is 0 Å². The van der Waals surface area contributed by atoms with Gasteiger partial charge in [0.25, 0.3) is 0 Å². The Balaban J connectivity index is 0.000000142. The van der Waals surface area contributed by atoms with E-state index >= 15 is 0 Å². The van der Waals surface area contributed by atoms with Crippen molar-refractivity contribution >= 4 is 33.8 Å². The van der Waals surface area contributed by atoms with Crippen LogP contribution in [0.2, 0.25) is 5.02 Å². The molecule has 4 aliphatic rings. The molecule has 0 N–H and O–H groups in total. The summed E-state index contributed by atoms with van der Waals surface area (Å²) in [4.78, 5) is 11.2. The second-order valence-electron chi connectivity index (χ2n) is 10.9. The number of hydrogen-bond acceptors (Lipinski definition) is 4. The lowest BCUT2D eigenvalue weighted by atomic mass is 9.74. The van der Waals surface area contributed by atoms with Crippen LogP contribution in [0.5, 0.6) is 0 Å². The van der Waals surface area contributed by atoms with E-state index in [-0.39, 0.29) is 0 Å². The molecule has 8 rings (SSSR count). The lowest BCUT2D eigenvalue weighted by molar-refractivity contribution is 0.0196. The van der Waals surface area contributed by atoms with E-state index in [4.69, 9.17) is 11.6 Å². The molecule has 0 amide bonds. The van der Waals surface area contributed by atoms with Gasteiger partial charge in [0.1, 0.15) is 0 Å². The molecule has 4 aromatic rings. The first kappa shape index (κ1) is 25.8. The molecule has 4 atom stereocenters. The molecule has 3 saturated heterocycles. The SMILES string of the molecule is C=CC1CN2CCC1CC2Cc1ccnc2ccccc12.Clc1ccccc1CN1CCc2sccc2C1. The van der Waals surface area contributed by atoms with Crippen molar-refractivity contribution in [2.24, 2.45) is 11.8 Å². The van der Waals surface area contributed by atoms with Gasteiger partial charge in [0.2, 0.25) is 0 Å². The van der Waals surface area contributed by atoms with Crippen molar-refractivity contribution in [3.63, 3.8) is 0 Å². The highest BCUT2D eigenvalue weighted by Crippen LogP contribution is 2.38. The molecule has 6 heterocycles. The van der Waals surface area contributed by atoms with Gasteiger partial charge < -0.3 is 0 Å². The number of pyridine rings is 1. The van der Waals surface area contributed by atoms with Crippen LogP contribution in [0.1, 0.15) is 34.4 Å². The molecule has 196 valence electrons. The van der Waals surface area contributed by atoms with Crippen molar-refractivity contribution in [1.82, 2.24) is 14.8 Å². The smallest absolute Gasteiger partial charge is 0.0704 e. The zero-order chi connectivity index (χ0) is 25.9. The highest BCUT2D eigenvalue weighted by atomic mass is 35.5. The summed E-state index contributed by atoms with van der Waals surface area (Å²) in [6.45, 7) is 9.65. The van der Waals surface area contributed by atoms with Gasteiger partial charge in [-0.15, -0.1) is 17.9 Å². The Labute approximate surface area is 235 Å². The molecule has 2 aromatic carbocycles. The summed E-state index contributed by atoms with van der Waals surface area (Å²) in [5.74, 6) is 1.56. The Kier molecular flexibility index (Phi) is 7.94. The first-order valence-electron chi connectivity index (χ1n) is 13.9. The molecule has 0 radical (unpaired) electrons. The molecule has 2 aromatic heterocycles. The third-order valence-electron chi connectivity index (χ3n) is 8.67. The van der Waals surface area contributed by atoms with Crippen LogP contribution in [0.3, 0.4) is 0 Å². The van der Waals surface area contributed by atoms with E-state index in [1.165, 1.54) is 54.4 Å². The Hall–Kier alpha value is -2.50. The minimum atomic E-state index is 0.700. The van der Waals surface area contributed by atoms with Gasteiger partial charge >= 0.3 is 0 Å². The number of hydrogen-bond donors (Lipinski definition) is 0. The molecule has 5 heteroatoms. The molecule has 0 saturated carbocycles. The molecule has 38 heavy (non-hydrogen) atoms. The van der Waals surface area contributed by atoms with E-state index in [1.54, 1.807) is 4.88 Å². The fraction of sp³-hybridized carbons (Fsp3) is 0.364. The monoisotopic (exact) mass is 541 g/mol. The maximum Gasteiger partial charge on any atom is 0.0704 e. The minimum Gasteiger partial charge on any atom is -0.299 e. The molecule has 4 aliphatic heterocycles. The highest BCUT2D eigenvalue weighted by Gasteiger charge is 2.38. The van der Waals surface area contributed by atoms with Crippen molar-refractivity contribution in [2.75, 3.05) is 19.6 Å². The second-order valence-corrected chi connectivity index (χ2v) is 12.4. The number of thiophene rings is 1. The molecular weight excluding hydrogens is 506 g/mol. The topological polar surface area (TPSA) is 19.4 Å². The molecule has 2 bridgehead atoms. The number of benzene rings is 2. The van der Waals surface area contributed by atoms with Crippen molar-refractivity contribution in [3.05, 3.63) is 111 Å². The summed E-state index contributed by atoms with van der Waals surface area (Å²) in [5, 5.41) is 4.40. The van der Waals surface area contributed by atoms with Crippen molar-refractivity contribution in [1.29, 1.82) is 0 Å². The van der Waals surface area contributed by atoms with Gasteiger partial charge in [0, 0.05) is 53.7 Å². The maximum atomic E-state index is 6.20. The zero-order valence-electron chi connectivity index (χ0n) is 21.9. The third-order valence-corrected chi connectivity index (χ3v) is 10.1. The summed E-state index contributed by atoms with van der Waals surface area (Å²) in [7, 11) is 0. The Morgan fingerprint density at radius 2 is 1.89 bits per heavy atom. The van der Waals surface area contributed by atoms with Crippen LogP contribution in [-0.2, 0) is 25.9 Å². The van der Waals surface area contributed by atoms with Gasteiger partial charge in [-0.25, -0.2) is 0 Å². The lowest BCUT2D eigenvalue weighted by Gasteiger charge is -2.49. The van der Waals surface area contributed by atoms with E-state index in [9.17, 15) is 0 Å². The van der Waals surface area contributed by atoms with Gasteiger partial charge in [0.05, 0.1) is 5.52 Å². The standard InChI is InChI=1S/C19H22N2.C14H14ClNS/c1-2-14-13-21-10-8-15(14)11-17(21)12-16-7-9-20-19-6-4-3-5-18(16)19;15-13-4-2-1-3-11(13)9-16-7-5-14-12(10-16)6-8-17-14/h2-7,9,14-15,17H,1,8,10-13H2;1-4,6,8H,5,7,9-10H2. The average Bonchev–Trinajstić information content (AvgIpc) is 3.43. The first-order valence-corrected chi connectivity index (χ1v) is 15.1. The summed E-state index contributed by atoms with van der Waals surface area (Å²) < 4.78 is 0. The second kappa shape index (κ2) is 11.7. The van der Waals surface area contributed by atoms with Gasteiger partial charge in [-0.3, -0.25) is 14.8 Å². The van der Waals surface area contributed by atoms with E-state index in [1.807, 2.05) is 29.7 Å². The fourth-order valence-corrected chi connectivity index (χ4v) is 7.64. The average molecular weight is 542 g/mol. The van der Waals surface area contributed by atoms with Crippen LogP contribution in [0.15, 0.2) is 84.9 Å². The van der Waals surface area contributed by atoms with Crippen LogP contribution in [0.25, 0.3) is 10.9 Å². The van der Waals surface area contributed by atoms with Gasteiger partial charge in [-0.1, -0.05) is 54.1 Å². The normalized spacial score (nSPS) is 24.4. The number of para-hydroxylation sites is 1. The van der Waals surface area contributed by atoms with Gasteiger partial charge in [0.15, 0.2) is 0 Å². The predicted octanol–water partition coefficient (Wildman–Crippen LogP) is 7.63. The molecule has 0 aliphatic carbocycles. The first-order chi connectivity index (χ1) is 18.7. The number of rotatable bonds is 5. The molecule has 4 unspecified atom stereocenters. The quantitative estimate of drug-likeness (QED) is 0.242. The van der Waals surface area contributed by atoms with Gasteiger partial charge in [-0.05, 0) is 90.4 Å². The molecular formula is C33H36ClN3S. The fourth-order valence-electron chi connectivity index (χ4n) is 6.56. The molecule has 0 spiro atoms. The zero-order valence-corrected chi connectivity index (χ0v) is 23.5. The number of fused-ring (bicyclic) bond motifs is 5. The summed E-state index contributed by atoms with van der Waals surface area (Å²) in [6, 6.07) is 21.8. The van der Waals surface area contributed by atoms with Crippen molar-refractivity contribution in [3.8, 4) is 0 Å². The Morgan fingerprint density at radius 1 is 1.03 bits per heavy atom. The summed E-state index contributed by atoms with van der Waals surface area (Å²) in [5.41, 5.74) is 5.30. The van der Waals surface area contributed by atoms with Crippen molar-refractivity contribution in [2.45, 2.75) is 44.8 Å². The summed E-state index contributed by atoms with van der Waals surface area (Å²) >= 11 is 8.08. The van der Waals surface area contributed by atoms with Gasteiger partial charge in [-0.2, -0.15) is 0 Å². The third kappa shape index (κ3) is 5.60. The van der Waals surface area contributed by atoms with E-state index < -0.39 is 0 Å². The van der Waals surface area contributed by atoms with Crippen LogP contribution >= 0.6 is 22.9 Å². The van der Waals surface area contributed by atoms with Crippen LogP contribution in [0, 0.1) is 11.8 Å².